The third kappa shape index (κ3) is 5.09. The van der Waals surface area contributed by atoms with Gasteiger partial charge in [0.25, 0.3) is 0 Å². The maximum atomic E-state index is 12.1. The molecule has 6 heteroatoms. The SMILES string of the molecule is CC(O)CC(C)(C)CNC(=O)Nc1cccc(-c2nccn2C)c1. The molecule has 0 radical (unpaired) electrons. The molecule has 0 bridgehead atoms. The Balaban J connectivity index is 1.96. The van der Waals surface area contributed by atoms with Crippen LogP contribution in [0.3, 0.4) is 0 Å². The molecule has 1 unspecified atom stereocenters. The van der Waals surface area contributed by atoms with Crippen LogP contribution in [0.4, 0.5) is 10.5 Å². The lowest BCUT2D eigenvalue weighted by molar-refractivity contribution is 0.129. The van der Waals surface area contributed by atoms with Crippen LogP contribution in [0.2, 0.25) is 0 Å². The van der Waals surface area contributed by atoms with E-state index in [2.05, 4.69) is 15.6 Å². The first kappa shape index (κ1) is 18.0. The van der Waals surface area contributed by atoms with Crippen LogP contribution in [-0.4, -0.2) is 33.3 Å². The zero-order valence-electron chi connectivity index (χ0n) is 14.7. The molecule has 1 atom stereocenters. The molecule has 0 saturated carbocycles. The number of aromatic nitrogens is 2. The lowest BCUT2D eigenvalue weighted by atomic mass is 9.87. The molecule has 6 nitrogen and oxygen atoms in total. The number of urea groups is 1. The van der Waals surface area contributed by atoms with Crippen LogP contribution < -0.4 is 10.6 Å². The van der Waals surface area contributed by atoms with E-state index in [9.17, 15) is 9.90 Å². The summed E-state index contributed by atoms with van der Waals surface area (Å²) in [5.74, 6) is 0.845. The summed E-state index contributed by atoms with van der Waals surface area (Å²) in [6, 6.07) is 7.31. The van der Waals surface area contributed by atoms with Gasteiger partial charge in [0, 0.05) is 37.2 Å². The van der Waals surface area contributed by atoms with Crippen LogP contribution >= 0.6 is 0 Å². The zero-order chi connectivity index (χ0) is 17.7. The van der Waals surface area contributed by atoms with Crippen molar-refractivity contribution in [2.45, 2.75) is 33.3 Å². The zero-order valence-corrected chi connectivity index (χ0v) is 14.7. The number of anilines is 1. The van der Waals surface area contributed by atoms with Gasteiger partial charge in [-0.05, 0) is 30.9 Å². The Bertz CT molecular complexity index is 692. The Morgan fingerprint density at radius 3 is 2.79 bits per heavy atom. The van der Waals surface area contributed by atoms with Gasteiger partial charge in [-0.1, -0.05) is 26.0 Å². The van der Waals surface area contributed by atoms with Gasteiger partial charge in [-0.3, -0.25) is 0 Å². The summed E-state index contributed by atoms with van der Waals surface area (Å²) in [4.78, 5) is 16.4. The highest BCUT2D eigenvalue weighted by Crippen LogP contribution is 2.22. The number of aryl methyl sites for hydroxylation is 1. The predicted octanol–water partition coefficient (Wildman–Crippen LogP) is 3.01. The summed E-state index contributed by atoms with van der Waals surface area (Å²) in [5, 5.41) is 15.2. The summed E-state index contributed by atoms with van der Waals surface area (Å²) in [5.41, 5.74) is 1.48. The maximum Gasteiger partial charge on any atom is 0.319 e. The number of nitrogens with zero attached hydrogens (tertiary/aromatic N) is 2. The molecule has 0 fully saturated rings. The normalized spacial score (nSPS) is 12.7. The van der Waals surface area contributed by atoms with Crippen molar-refractivity contribution in [3.05, 3.63) is 36.7 Å². The van der Waals surface area contributed by atoms with E-state index in [-0.39, 0.29) is 17.6 Å². The fraction of sp³-hybridized carbons (Fsp3) is 0.444. The molecule has 0 aliphatic heterocycles. The van der Waals surface area contributed by atoms with E-state index < -0.39 is 0 Å². The van der Waals surface area contributed by atoms with E-state index in [0.717, 1.165) is 11.4 Å². The summed E-state index contributed by atoms with van der Waals surface area (Å²) < 4.78 is 1.93. The lowest BCUT2D eigenvalue weighted by Crippen LogP contribution is -2.38. The Morgan fingerprint density at radius 1 is 1.42 bits per heavy atom. The smallest absolute Gasteiger partial charge is 0.319 e. The number of imidazole rings is 1. The number of carbonyl (C=O) groups excluding carboxylic acids is 1. The molecule has 0 aliphatic rings. The average molecular weight is 330 g/mol. The van der Waals surface area contributed by atoms with Gasteiger partial charge in [-0.2, -0.15) is 0 Å². The Labute approximate surface area is 142 Å². The first-order valence-electron chi connectivity index (χ1n) is 8.07. The van der Waals surface area contributed by atoms with Crippen molar-refractivity contribution >= 4 is 11.7 Å². The summed E-state index contributed by atoms with van der Waals surface area (Å²) >= 11 is 0. The van der Waals surface area contributed by atoms with Gasteiger partial charge in [0.1, 0.15) is 5.82 Å². The number of amides is 2. The number of hydrogen-bond acceptors (Lipinski definition) is 3. The number of rotatable bonds is 6. The molecule has 2 aromatic rings. The molecule has 1 aromatic heterocycles. The van der Waals surface area contributed by atoms with Crippen LogP contribution in [0.25, 0.3) is 11.4 Å². The fourth-order valence-electron chi connectivity index (χ4n) is 2.75. The van der Waals surface area contributed by atoms with Crippen LogP contribution in [-0.2, 0) is 7.05 Å². The van der Waals surface area contributed by atoms with Crippen molar-refractivity contribution < 1.29 is 9.90 Å². The van der Waals surface area contributed by atoms with Gasteiger partial charge in [0.2, 0.25) is 0 Å². The second-order valence-electron chi connectivity index (χ2n) is 6.97. The average Bonchev–Trinajstić information content (AvgIpc) is 2.90. The number of carbonyl (C=O) groups is 1. The quantitative estimate of drug-likeness (QED) is 0.762. The summed E-state index contributed by atoms with van der Waals surface area (Å²) in [6.45, 7) is 6.27. The summed E-state index contributed by atoms with van der Waals surface area (Å²) in [7, 11) is 1.93. The molecular formula is C18H26N4O2. The van der Waals surface area contributed by atoms with Crippen LogP contribution in [0.1, 0.15) is 27.2 Å². The standard InChI is InChI=1S/C18H26N4O2/c1-13(23)11-18(2,3)12-20-17(24)21-15-7-5-6-14(10-15)16-19-8-9-22(16)4/h5-10,13,23H,11-12H2,1-4H3,(H2,20,21,24). The third-order valence-corrected chi connectivity index (χ3v) is 3.78. The third-order valence-electron chi connectivity index (χ3n) is 3.78. The van der Waals surface area contributed by atoms with Crippen molar-refractivity contribution in [1.29, 1.82) is 0 Å². The van der Waals surface area contributed by atoms with E-state index >= 15 is 0 Å². The monoisotopic (exact) mass is 330 g/mol. The maximum absolute atomic E-state index is 12.1. The van der Waals surface area contributed by atoms with E-state index in [4.69, 9.17) is 0 Å². The second-order valence-corrected chi connectivity index (χ2v) is 6.97. The van der Waals surface area contributed by atoms with Gasteiger partial charge in [-0.15, -0.1) is 0 Å². The number of nitrogens with one attached hydrogen (secondary N) is 2. The van der Waals surface area contributed by atoms with E-state index in [0.29, 0.717) is 18.7 Å². The van der Waals surface area contributed by atoms with Gasteiger partial charge >= 0.3 is 6.03 Å². The predicted molar refractivity (Wildman–Crippen MR) is 95.7 cm³/mol. The first-order chi connectivity index (χ1) is 11.3. The van der Waals surface area contributed by atoms with Crippen molar-refractivity contribution in [2.24, 2.45) is 12.5 Å². The minimum Gasteiger partial charge on any atom is -0.393 e. The first-order valence-corrected chi connectivity index (χ1v) is 8.07. The molecule has 130 valence electrons. The number of benzene rings is 1. The number of aliphatic hydroxyl groups excluding tert-OH is 1. The molecule has 3 N–H and O–H groups in total. The molecule has 0 saturated heterocycles. The molecular weight excluding hydrogens is 304 g/mol. The Hall–Kier alpha value is -2.34. The van der Waals surface area contributed by atoms with Crippen LogP contribution in [0, 0.1) is 5.41 Å². The lowest BCUT2D eigenvalue weighted by Gasteiger charge is -2.26. The Kier molecular flexibility index (Phi) is 5.62. The molecule has 24 heavy (non-hydrogen) atoms. The van der Waals surface area contributed by atoms with Crippen LogP contribution in [0.15, 0.2) is 36.7 Å². The highest BCUT2D eigenvalue weighted by Gasteiger charge is 2.21. The van der Waals surface area contributed by atoms with Crippen molar-refractivity contribution in [3.8, 4) is 11.4 Å². The van der Waals surface area contributed by atoms with Crippen LogP contribution in [0.5, 0.6) is 0 Å². The van der Waals surface area contributed by atoms with Gasteiger partial charge in [-0.25, -0.2) is 9.78 Å². The summed E-state index contributed by atoms with van der Waals surface area (Å²) in [6.07, 6.45) is 3.86. The molecule has 2 amide bonds. The number of hydrogen-bond donors (Lipinski definition) is 3. The van der Waals surface area contributed by atoms with E-state index in [1.54, 1.807) is 13.1 Å². The van der Waals surface area contributed by atoms with Crippen molar-refractivity contribution in [3.63, 3.8) is 0 Å². The highest BCUT2D eigenvalue weighted by atomic mass is 16.3. The topological polar surface area (TPSA) is 79.2 Å². The second kappa shape index (κ2) is 7.49. The minimum absolute atomic E-state index is 0.166. The van der Waals surface area contributed by atoms with Gasteiger partial charge < -0.3 is 20.3 Å². The minimum atomic E-state index is -0.390. The fourth-order valence-corrected chi connectivity index (χ4v) is 2.75. The molecule has 0 spiro atoms. The van der Waals surface area contributed by atoms with Gasteiger partial charge in [0.15, 0.2) is 0 Å². The highest BCUT2D eigenvalue weighted by molar-refractivity contribution is 5.89. The Morgan fingerprint density at radius 2 is 2.17 bits per heavy atom. The largest absolute Gasteiger partial charge is 0.393 e. The molecule has 1 aromatic carbocycles. The van der Waals surface area contributed by atoms with Crippen molar-refractivity contribution in [2.75, 3.05) is 11.9 Å². The molecule has 0 aliphatic carbocycles. The molecule has 2 rings (SSSR count). The molecule has 1 heterocycles. The van der Waals surface area contributed by atoms with E-state index in [1.165, 1.54) is 0 Å². The van der Waals surface area contributed by atoms with Gasteiger partial charge in [0.05, 0.1) is 6.10 Å². The van der Waals surface area contributed by atoms with Crippen molar-refractivity contribution in [1.82, 2.24) is 14.9 Å². The number of aliphatic hydroxyl groups is 1. The van der Waals surface area contributed by atoms with E-state index in [1.807, 2.05) is 55.9 Å².